The molecule has 1 aliphatic rings. The van der Waals surface area contributed by atoms with E-state index in [0.29, 0.717) is 17.4 Å². The van der Waals surface area contributed by atoms with Gasteiger partial charge in [0.2, 0.25) is 0 Å². The highest BCUT2D eigenvalue weighted by molar-refractivity contribution is 9.10. The molecule has 2 aromatic rings. The molecule has 1 aromatic heterocycles. The Morgan fingerprint density at radius 1 is 1.29 bits per heavy atom. The van der Waals surface area contributed by atoms with Crippen LogP contribution in [0, 0.1) is 11.3 Å². The molecule has 6 heteroatoms. The number of anilines is 2. The van der Waals surface area contributed by atoms with Gasteiger partial charge in [0.1, 0.15) is 11.9 Å². The van der Waals surface area contributed by atoms with Gasteiger partial charge in [-0.2, -0.15) is 10.4 Å². The van der Waals surface area contributed by atoms with Crippen molar-refractivity contribution in [1.82, 2.24) is 9.78 Å². The van der Waals surface area contributed by atoms with Gasteiger partial charge in [-0.25, -0.2) is 0 Å². The molecule has 108 valence electrons. The first-order valence-corrected chi connectivity index (χ1v) is 7.72. The van der Waals surface area contributed by atoms with Crippen molar-refractivity contribution in [2.45, 2.75) is 18.9 Å². The molecule has 1 aliphatic heterocycles. The van der Waals surface area contributed by atoms with Crippen LogP contribution in [0.2, 0.25) is 0 Å². The van der Waals surface area contributed by atoms with Crippen molar-refractivity contribution < 1.29 is 0 Å². The van der Waals surface area contributed by atoms with Crippen LogP contribution in [0.4, 0.5) is 11.5 Å². The van der Waals surface area contributed by atoms with E-state index < -0.39 is 0 Å². The molecule has 0 spiro atoms. The Kier molecular flexibility index (Phi) is 3.84. The lowest BCUT2D eigenvalue weighted by molar-refractivity contribution is 0.367. The maximum absolute atomic E-state index is 9.28. The Bertz CT molecular complexity index is 680. The molecule has 1 saturated heterocycles. The number of aromatic nitrogens is 2. The molecule has 0 bridgehead atoms. The molecule has 21 heavy (non-hydrogen) atoms. The molecule has 5 nitrogen and oxygen atoms in total. The molecule has 3 rings (SSSR count). The topological polar surface area (TPSA) is 70.9 Å². The number of hydrogen-bond acceptors (Lipinski definition) is 4. The van der Waals surface area contributed by atoms with Crippen LogP contribution in [-0.2, 0) is 0 Å². The number of halogens is 1. The van der Waals surface area contributed by atoms with Crippen molar-refractivity contribution in [2.24, 2.45) is 0 Å². The molecule has 2 N–H and O–H groups in total. The van der Waals surface area contributed by atoms with Crippen molar-refractivity contribution in [3.63, 3.8) is 0 Å². The number of hydrogen-bond donors (Lipinski definition) is 1. The van der Waals surface area contributed by atoms with Crippen molar-refractivity contribution in [1.29, 1.82) is 5.26 Å². The summed E-state index contributed by atoms with van der Waals surface area (Å²) in [5.41, 5.74) is 7.40. The third kappa shape index (κ3) is 2.88. The van der Waals surface area contributed by atoms with E-state index in [2.05, 4.69) is 32.0 Å². The summed E-state index contributed by atoms with van der Waals surface area (Å²) in [6.45, 7) is 1.83. The molecular formula is C15H16BrN5. The zero-order valence-corrected chi connectivity index (χ0v) is 13.1. The number of rotatable bonds is 2. The highest BCUT2D eigenvalue weighted by atomic mass is 79.9. The SMILES string of the molecule is N#Cc1cc(Br)ccc1N1CCC(n2ccc(N)n2)CC1. The summed E-state index contributed by atoms with van der Waals surface area (Å²) >= 11 is 3.41. The monoisotopic (exact) mass is 345 g/mol. The van der Waals surface area contributed by atoms with Gasteiger partial charge in [0.25, 0.3) is 0 Å². The molecule has 0 unspecified atom stereocenters. The summed E-state index contributed by atoms with van der Waals surface area (Å²) in [6.07, 6.45) is 3.94. The van der Waals surface area contributed by atoms with Gasteiger partial charge in [0.15, 0.2) is 0 Å². The van der Waals surface area contributed by atoms with Gasteiger partial charge in [0, 0.05) is 23.8 Å². The third-order valence-corrected chi connectivity index (χ3v) is 4.38. The van der Waals surface area contributed by atoms with Crippen LogP contribution in [0.3, 0.4) is 0 Å². The van der Waals surface area contributed by atoms with Gasteiger partial charge >= 0.3 is 0 Å². The maximum atomic E-state index is 9.28. The van der Waals surface area contributed by atoms with Crippen LogP contribution in [0.15, 0.2) is 34.9 Å². The summed E-state index contributed by atoms with van der Waals surface area (Å²) in [4.78, 5) is 2.27. The Morgan fingerprint density at radius 2 is 2.05 bits per heavy atom. The molecule has 1 aromatic carbocycles. The highest BCUT2D eigenvalue weighted by Crippen LogP contribution is 2.29. The molecule has 0 saturated carbocycles. The largest absolute Gasteiger partial charge is 0.382 e. The Hall–Kier alpha value is -2.00. The Morgan fingerprint density at radius 3 is 2.67 bits per heavy atom. The lowest BCUT2D eigenvalue weighted by Crippen LogP contribution is -2.35. The predicted octanol–water partition coefficient (Wildman–Crippen LogP) is 2.94. The number of nitrogen functional groups attached to an aromatic ring is 1. The summed E-state index contributed by atoms with van der Waals surface area (Å²) in [6, 6.07) is 10.4. The average Bonchev–Trinajstić information content (AvgIpc) is 2.94. The van der Waals surface area contributed by atoms with Gasteiger partial charge in [-0.1, -0.05) is 15.9 Å². The fourth-order valence-corrected chi connectivity index (χ4v) is 3.16. The average molecular weight is 346 g/mol. The number of nitriles is 1. The van der Waals surface area contributed by atoms with E-state index in [9.17, 15) is 5.26 Å². The van der Waals surface area contributed by atoms with Crippen LogP contribution < -0.4 is 10.6 Å². The Labute approximate surface area is 132 Å². The number of nitrogens with two attached hydrogens (primary N) is 1. The zero-order valence-electron chi connectivity index (χ0n) is 11.5. The van der Waals surface area contributed by atoms with Crippen LogP contribution >= 0.6 is 15.9 Å². The molecule has 0 aliphatic carbocycles. The first-order chi connectivity index (χ1) is 10.2. The first-order valence-electron chi connectivity index (χ1n) is 6.92. The normalized spacial score (nSPS) is 15.9. The molecule has 0 atom stereocenters. The van der Waals surface area contributed by atoms with E-state index in [1.807, 2.05) is 35.1 Å². The summed E-state index contributed by atoms with van der Waals surface area (Å²) in [7, 11) is 0. The van der Waals surface area contributed by atoms with Crippen molar-refractivity contribution in [3.8, 4) is 6.07 Å². The second-order valence-electron chi connectivity index (χ2n) is 5.21. The highest BCUT2D eigenvalue weighted by Gasteiger charge is 2.22. The lowest BCUT2D eigenvalue weighted by atomic mass is 10.0. The lowest BCUT2D eigenvalue weighted by Gasteiger charge is -2.34. The standard InChI is InChI=1S/C15H16BrN5/c16-12-1-2-14(11(9-12)10-17)20-6-3-13(4-7-20)21-8-5-15(18)19-21/h1-2,5,8-9,13H,3-4,6-7H2,(H2,18,19). The van der Waals surface area contributed by atoms with E-state index in [-0.39, 0.29) is 0 Å². The minimum Gasteiger partial charge on any atom is -0.382 e. The molecular weight excluding hydrogens is 330 g/mol. The van der Waals surface area contributed by atoms with Gasteiger partial charge in [0.05, 0.1) is 17.3 Å². The minimum absolute atomic E-state index is 0.388. The van der Waals surface area contributed by atoms with E-state index in [1.54, 1.807) is 0 Å². The molecule has 0 amide bonds. The van der Waals surface area contributed by atoms with Crippen molar-refractivity contribution in [2.75, 3.05) is 23.7 Å². The molecule has 0 radical (unpaired) electrons. The summed E-state index contributed by atoms with van der Waals surface area (Å²) < 4.78 is 2.89. The molecule has 2 heterocycles. The van der Waals surface area contributed by atoms with Crippen LogP contribution in [0.1, 0.15) is 24.4 Å². The minimum atomic E-state index is 0.388. The maximum Gasteiger partial charge on any atom is 0.145 e. The van der Waals surface area contributed by atoms with Gasteiger partial charge in [-0.05, 0) is 37.1 Å². The summed E-state index contributed by atoms with van der Waals surface area (Å²) in [5.74, 6) is 0.567. The number of piperidine rings is 1. The van der Waals surface area contributed by atoms with Gasteiger partial charge < -0.3 is 10.6 Å². The van der Waals surface area contributed by atoms with E-state index in [1.165, 1.54) is 0 Å². The summed E-state index contributed by atoms with van der Waals surface area (Å²) in [5, 5.41) is 13.6. The second-order valence-corrected chi connectivity index (χ2v) is 6.13. The predicted molar refractivity (Wildman–Crippen MR) is 86.0 cm³/mol. The molecule has 1 fully saturated rings. The third-order valence-electron chi connectivity index (χ3n) is 3.89. The smallest absolute Gasteiger partial charge is 0.145 e. The first kappa shape index (κ1) is 14.0. The fraction of sp³-hybridized carbons (Fsp3) is 0.333. The fourth-order valence-electron chi connectivity index (χ4n) is 2.80. The van der Waals surface area contributed by atoms with Crippen molar-refractivity contribution >= 4 is 27.4 Å². The van der Waals surface area contributed by atoms with Crippen LogP contribution in [0.5, 0.6) is 0 Å². The Balaban J connectivity index is 1.73. The van der Waals surface area contributed by atoms with Crippen LogP contribution in [0.25, 0.3) is 0 Å². The van der Waals surface area contributed by atoms with E-state index in [0.717, 1.165) is 36.1 Å². The van der Waals surface area contributed by atoms with E-state index >= 15 is 0 Å². The van der Waals surface area contributed by atoms with Gasteiger partial charge in [-0.15, -0.1) is 0 Å². The number of nitrogens with zero attached hydrogens (tertiary/aromatic N) is 4. The number of benzene rings is 1. The van der Waals surface area contributed by atoms with Crippen molar-refractivity contribution in [3.05, 3.63) is 40.5 Å². The quantitative estimate of drug-likeness (QED) is 0.908. The second kappa shape index (κ2) is 5.78. The zero-order chi connectivity index (χ0) is 14.8. The van der Waals surface area contributed by atoms with Gasteiger partial charge in [-0.3, -0.25) is 4.68 Å². The van der Waals surface area contributed by atoms with Crippen LogP contribution in [-0.4, -0.2) is 22.9 Å². The van der Waals surface area contributed by atoms with E-state index in [4.69, 9.17) is 5.73 Å².